The summed E-state index contributed by atoms with van der Waals surface area (Å²) in [5, 5.41) is 12.2. The molecule has 0 aromatic heterocycles. The van der Waals surface area contributed by atoms with Crippen LogP contribution in [0.4, 0.5) is 0 Å². The zero-order valence-electron chi connectivity index (χ0n) is 13.9. The summed E-state index contributed by atoms with van der Waals surface area (Å²) in [5.41, 5.74) is 0.0761. The maximum absolute atomic E-state index is 12.9. The third-order valence-electron chi connectivity index (χ3n) is 6.10. The lowest BCUT2D eigenvalue weighted by molar-refractivity contribution is -0.170. The molecule has 4 saturated carbocycles. The number of carbonyl (C=O) groups is 1. The summed E-state index contributed by atoms with van der Waals surface area (Å²) >= 11 is 0. The van der Waals surface area contributed by atoms with Crippen LogP contribution in [-0.2, 0) is 4.79 Å². The number of carbonyl (C=O) groups excluding carboxylic acids is 1. The van der Waals surface area contributed by atoms with Crippen molar-refractivity contribution in [2.24, 2.45) is 27.6 Å². The summed E-state index contributed by atoms with van der Waals surface area (Å²) in [6, 6.07) is 2.27. The van der Waals surface area contributed by atoms with Crippen molar-refractivity contribution in [2.75, 3.05) is 6.54 Å². The van der Waals surface area contributed by atoms with Gasteiger partial charge in [0.2, 0.25) is 5.91 Å². The lowest BCUT2D eigenvalue weighted by Gasteiger charge is -2.64. The summed E-state index contributed by atoms with van der Waals surface area (Å²) in [5.74, 6) is 0.943. The molecule has 4 aliphatic carbocycles. The van der Waals surface area contributed by atoms with Crippen molar-refractivity contribution in [3.8, 4) is 6.07 Å². The molecule has 0 saturated heterocycles. The normalized spacial score (nSPS) is 44.4. The van der Waals surface area contributed by atoms with Gasteiger partial charge < -0.3 is 5.32 Å². The van der Waals surface area contributed by atoms with Gasteiger partial charge in [0.15, 0.2) is 0 Å². The Labute approximate surface area is 128 Å². The Morgan fingerprint density at radius 1 is 1.19 bits per heavy atom. The smallest absolute Gasteiger partial charge is 0.226 e. The van der Waals surface area contributed by atoms with Crippen molar-refractivity contribution < 1.29 is 4.79 Å². The average Bonchev–Trinajstić information content (AvgIpc) is 2.31. The summed E-state index contributed by atoms with van der Waals surface area (Å²) in [6.45, 7) is 9.00. The number of amides is 1. The molecule has 4 bridgehead atoms. The number of nitrogens with one attached hydrogen (secondary N) is 1. The Bertz CT molecular complexity index is 498. The minimum absolute atomic E-state index is 0.158. The maximum atomic E-state index is 12.9. The second-order valence-electron chi connectivity index (χ2n) is 9.59. The van der Waals surface area contributed by atoms with Gasteiger partial charge in [-0.25, -0.2) is 0 Å². The van der Waals surface area contributed by atoms with E-state index in [0.717, 1.165) is 25.2 Å². The molecule has 21 heavy (non-hydrogen) atoms. The molecule has 0 heterocycles. The first-order valence-electron chi connectivity index (χ1n) is 8.29. The van der Waals surface area contributed by atoms with Gasteiger partial charge in [0.1, 0.15) is 0 Å². The molecule has 0 aromatic rings. The van der Waals surface area contributed by atoms with Gasteiger partial charge in [-0.05, 0) is 69.1 Å². The molecule has 2 atom stereocenters. The number of nitriles is 1. The molecule has 0 spiro atoms. The fraction of sp³-hybridized carbons (Fsp3) is 0.889. The highest BCUT2D eigenvalue weighted by molar-refractivity contribution is 5.83. The van der Waals surface area contributed by atoms with Crippen LogP contribution >= 0.6 is 0 Å². The monoisotopic (exact) mass is 288 g/mol. The molecule has 3 nitrogen and oxygen atoms in total. The molecule has 4 rings (SSSR count). The van der Waals surface area contributed by atoms with Crippen LogP contribution in [0, 0.1) is 38.9 Å². The second kappa shape index (κ2) is 4.24. The summed E-state index contributed by atoms with van der Waals surface area (Å²) < 4.78 is 0. The highest BCUT2D eigenvalue weighted by Gasteiger charge is 2.62. The highest BCUT2D eigenvalue weighted by Crippen LogP contribution is 2.69. The van der Waals surface area contributed by atoms with Gasteiger partial charge in [0.25, 0.3) is 0 Å². The quantitative estimate of drug-likeness (QED) is 0.862. The Morgan fingerprint density at radius 3 is 2.24 bits per heavy atom. The summed E-state index contributed by atoms with van der Waals surface area (Å²) in [4.78, 5) is 12.9. The van der Waals surface area contributed by atoms with E-state index in [1.807, 2.05) is 13.8 Å². The van der Waals surface area contributed by atoms with Crippen molar-refractivity contribution >= 4 is 5.91 Å². The third-order valence-corrected chi connectivity index (χ3v) is 6.10. The van der Waals surface area contributed by atoms with Gasteiger partial charge in [-0.15, -0.1) is 0 Å². The maximum Gasteiger partial charge on any atom is 0.226 e. The van der Waals surface area contributed by atoms with Gasteiger partial charge in [-0.1, -0.05) is 13.8 Å². The number of nitrogens with zero attached hydrogens (tertiary/aromatic N) is 1. The van der Waals surface area contributed by atoms with E-state index in [2.05, 4.69) is 25.2 Å². The van der Waals surface area contributed by atoms with Crippen LogP contribution in [0.25, 0.3) is 0 Å². The molecule has 116 valence electrons. The molecule has 2 unspecified atom stereocenters. The van der Waals surface area contributed by atoms with Crippen LogP contribution in [0.2, 0.25) is 0 Å². The van der Waals surface area contributed by atoms with E-state index < -0.39 is 5.41 Å². The number of hydrogen-bond donors (Lipinski definition) is 1. The molecular weight excluding hydrogens is 260 g/mol. The second-order valence-corrected chi connectivity index (χ2v) is 9.59. The zero-order chi connectivity index (χ0) is 15.5. The largest absolute Gasteiger partial charge is 0.354 e. The van der Waals surface area contributed by atoms with Crippen LogP contribution in [-0.4, -0.2) is 12.5 Å². The van der Waals surface area contributed by atoms with Gasteiger partial charge in [-0.2, -0.15) is 5.26 Å². The first-order chi connectivity index (χ1) is 9.60. The van der Waals surface area contributed by atoms with Crippen LogP contribution < -0.4 is 5.32 Å². The Balaban J connectivity index is 1.79. The van der Waals surface area contributed by atoms with Crippen molar-refractivity contribution in [3.63, 3.8) is 0 Å². The number of hydrogen-bond acceptors (Lipinski definition) is 2. The zero-order valence-corrected chi connectivity index (χ0v) is 13.9. The molecular formula is C18H28N2O. The first kappa shape index (κ1) is 14.9. The topological polar surface area (TPSA) is 52.9 Å². The lowest BCUT2D eigenvalue weighted by Crippen LogP contribution is -2.60. The molecule has 4 fully saturated rings. The Hall–Kier alpha value is -1.04. The van der Waals surface area contributed by atoms with Gasteiger partial charge >= 0.3 is 0 Å². The van der Waals surface area contributed by atoms with Gasteiger partial charge in [0, 0.05) is 6.54 Å². The highest BCUT2D eigenvalue weighted by atomic mass is 16.2. The fourth-order valence-electron chi connectivity index (χ4n) is 6.23. The molecule has 0 aromatic carbocycles. The SMILES string of the molecule is CC(C)(C#N)CNC(=O)C12CC3CC(C)(CC(C)(C3)C1)C2. The van der Waals surface area contributed by atoms with E-state index >= 15 is 0 Å². The molecule has 3 heteroatoms. The summed E-state index contributed by atoms with van der Waals surface area (Å²) in [7, 11) is 0. The van der Waals surface area contributed by atoms with Crippen molar-refractivity contribution in [1.29, 1.82) is 5.26 Å². The minimum atomic E-state index is -0.480. The van der Waals surface area contributed by atoms with E-state index in [0.29, 0.717) is 17.4 Å². The standard InChI is InChI=1S/C18H28N2O/c1-15(2,11-19)12-20-14(21)18-7-13-5-16(3,9-18)8-17(4,6-13)10-18/h13H,5-10,12H2,1-4H3,(H,20,21). The van der Waals surface area contributed by atoms with E-state index in [-0.39, 0.29) is 11.3 Å². The molecule has 1 N–H and O–H groups in total. The van der Waals surface area contributed by atoms with Crippen molar-refractivity contribution in [3.05, 3.63) is 0 Å². The molecule has 4 aliphatic rings. The number of rotatable bonds is 3. The van der Waals surface area contributed by atoms with Gasteiger partial charge in [-0.3, -0.25) is 4.79 Å². The van der Waals surface area contributed by atoms with E-state index in [1.54, 1.807) is 0 Å². The van der Waals surface area contributed by atoms with E-state index in [4.69, 9.17) is 5.26 Å². The minimum Gasteiger partial charge on any atom is -0.354 e. The lowest BCUT2D eigenvalue weighted by atomic mass is 9.40. The Kier molecular flexibility index (Phi) is 3.01. The van der Waals surface area contributed by atoms with Crippen LogP contribution in [0.5, 0.6) is 0 Å². The van der Waals surface area contributed by atoms with Gasteiger partial charge in [0.05, 0.1) is 16.9 Å². The average molecular weight is 288 g/mol. The molecule has 0 aliphatic heterocycles. The van der Waals surface area contributed by atoms with E-state index in [9.17, 15) is 4.79 Å². The van der Waals surface area contributed by atoms with E-state index in [1.165, 1.54) is 19.3 Å². The predicted octanol–water partition coefficient (Wildman–Crippen LogP) is 3.65. The van der Waals surface area contributed by atoms with Crippen LogP contribution in [0.3, 0.4) is 0 Å². The predicted molar refractivity (Wildman–Crippen MR) is 82.2 cm³/mol. The third kappa shape index (κ3) is 2.47. The Morgan fingerprint density at radius 2 is 1.76 bits per heavy atom. The summed E-state index contributed by atoms with van der Waals surface area (Å²) in [6.07, 6.45) is 7.06. The van der Waals surface area contributed by atoms with Crippen molar-refractivity contribution in [1.82, 2.24) is 5.32 Å². The van der Waals surface area contributed by atoms with Crippen molar-refractivity contribution in [2.45, 2.75) is 66.2 Å². The first-order valence-corrected chi connectivity index (χ1v) is 8.29. The van der Waals surface area contributed by atoms with Crippen LogP contribution in [0.1, 0.15) is 66.2 Å². The van der Waals surface area contributed by atoms with Crippen LogP contribution in [0.15, 0.2) is 0 Å². The molecule has 1 amide bonds. The fourth-order valence-corrected chi connectivity index (χ4v) is 6.23. The molecule has 0 radical (unpaired) electrons.